The lowest BCUT2D eigenvalue weighted by Gasteiger charge is -2.11. The van der Waals surface area contributed by atoms with E-state index >= 15 is 0 Å². The molecule has 0 fully saturated rings. The Morgan fingerprint density at radius 1 is 0.571 bits per heavy atom. The van der Waals surface area contributed by atoms with E-state index in [2.05, 4.69) is 6.92 Å². The summed E-state index contributed by atoms with van der Waals surface area (Å²) >= 11 is 0. The molecule has 4 nitrogen and oxygen atoms in total. The first-order valence-corrected chi connectivity index (χ1v) is 16.4. The molecule has 0 radical (unpaired) electrons. The van der Waals surface area contributed by atoms with Gasteiger partial charge in [-0.15, -0.1) is 0 Å². The monoisotopic (exact) mass is 510 g/mol. The normalized spacial score (nSPS) is 11.7. The summed E-state index contributed by atoms with van der Waals surface area (Å²) in [6.45, 7) is 2.29. The zero-order valence-corrected chi connectivity index (χ0v) is 23.6. The van der Waals surface area contributed by atoms with Gasteiger partial charge in [0.05, 0.1) is 0 Å². The lowest BCUT2D eigenvalue weighted by atomic mass is 10.0. The smallest absolute Gasteiger partial charge is 0.404 e. The fraction of sp³-hybridized carbons (Fsp3) is 0.800. The minimum Gasteiger partial charge on any atom is -0.404 e. The molecular weight excluding hydrogens is 455 g/mol. The van der Waals surface area contributed by atoms with Gasteiger partial charge in [-0.1, -0.05) is 160 Å². The molecule has 0 saturated heterocycles. The van der Waals surface area contributed by atoms with Crippen LogP contribution in [0.2, 0.25) is 0 Å². The van der Waals surface area contributed by atoms with Crippen LogP contribution in [0.25, 0.3) is 0 Å². The number of phosphoric ester groups is 1. The van der Waals surface area contributed by atoms with Gasteiger partial charge in [0.2, 0.25) is 0 Å². The molecule has 5 heteroatoms. The molecular formula is C30H55O4P. The van der Waals surface area contributed by atoms with Gasteiger partial charge < -0.3 is 4.52 Å². The fourth-order valence-corrected chi connectivity index (χ4v) is 5.29. The first-order valence-electron chi connectivity index (χ1n) is 14.9. The maximum Gasteiger partial charge on any atom is 0.524 e. The molecule has 1 aromatic rings. The number of hydrogen-bond donors (Lipinski definition) is 2. The van der Waals surface area contributed by atoms with E-state index in [4.69, 9.17) is 14.3 Å². The Balaban J connectivity index is 1.81. The Morgan fingerprint density at radius 3 is 1.29 bits per heavy atom. The van der Waals surface area contributed by atoms with Crippen molar-refractivity contribution in [1.82, 2.24) is 0 Å². The number of aryl methyl sites for hydroxylation is 1. The summed E-state index contributed by atoms with van der Waals surface area (Å²) in [5.74, 6) is 0.310. The first-order chi connectivity index (χ1) is 17.0. The molecule has 0 unspecified atom stereocenters. The highest BCUT2D eigenvalue weighted by atomic mass is 31.2. The summed E-state index contributed by atoms with van der Waals surface area (Å²) in [7, 11) is -4.50. The van der Waals surface area contributed by atoms with Gasteiger partial charge in [0.15, 0.2) is 0 Å². The van der Waals surface area contributed by atoms with Gasteiger partial charge in [-0.05, 0) is 24.5 Å². The highest BCUT2D eigenvalue weighted by Gasteiger charge is 2.17. The lowest BCUT2D eigenvalue weighted by Crippen LogP contribution is -1.95. The van der Waals surface area contributed by atoms with Crippen molar-refractivity contribution < 1.29 is 18.9 Å². The first kappa shape index (κ1) is 32.2. The number of benzene rings is 1. The van der Waals surface area contributed by atoms with E-state index < -0.39 is 7.82 Å². The molecule has 1 rings (SSSR count). The van der Waals surface area contributed by atoms with Gasteiger partial charge >= 0.3 is 7.82 Å². The summed E-state index contributed by atoms with van der Waals surface area (Å²) in [6.07, 6.45) is 31.0. The molecule has 0 amide bonds. The molecule has 35 heavy (non-hydrogen) atoms. The second kappa shape index (κ2) is 22.4. The van der Waals surface area contributed by atoms with E-state index in [1.807, 2.05) is 12.1 Å². The van der Waals surface area contributed by atoms with Crippen LogP contribution in [-0.4, -0.2) is 9.79 Å². The molecule has 0 atom stereocenters. The largest absolute Gasteiger partial charge is 0.524 e. The minimum absolute atomic E-state index is 0.310. The van der Waals surface area contributed by atoms with E-state index in [1.165, 1.54) is 128 Å². The number of para-hydroxylation sites is 1. The standard InChI is InChI=1S/C30H55O4P/c1-2-3-4-5-6-7-8-9-10-11-12-13-14-15-16-17-18-19-20-21-22-23-26-29-27-24-25-28-30(29)34-35(31,32)33/h24-25,27-28H,2-23,26H2,1H3,(H2,31,32,33). The van der Waals surface area contributed by atoms with Gasteiger partial charge in [-0.2, -0.15) is 0 Å². The molecule has 0 spiro atoms. The van der Waals surface area contributed by atoms with Crippen LogP contribution >= 0.6 is 7.82 Å². The lowest BCUT2D eigenvalue weighted by molar-refractivity contribution is 0.282. The predicted octanol–water partition coefficient (Wildman–Crippen LogP) is 10.3. The highest BCUT2D eigenvalue weighted by molar-refractivity contribution is 7.46. The van der Waals surface area contributed by atoms with Crippen molar-refractivity contribution in [2.24, 2.45) is 0 Å². The molecule has 0 aliphatic rings. The number of rotatable bonds is 25. The second-order valence-corrected chi connectivity index (χ2v) is 11.5. The summed E-state index contributed by atoms with van der Waals surface area (Å²) in [4.78, 5) is 18.1. The Morgan fingerprint density at radius 2 is 0.914 bits per heavy atom. The van der Waals surface area contributed by atoms with Crippen molar-refractivity contribution in [1.29, 1.82) is 0 Å². The van der Waals surface area contributed by atoms with Crippen molar-refractivity contribution in [3.8, 4) is 5.75 Å². The molecule has 2 N–H and O–H groups in total. The number of hydrogen-bond acceptors (Lipinski definition) is 2. The topological polar surface area (TPSA) is 66.8 Å². The van der Waals surface area contributed by atoms with Crippen molar-refractivity contribution in [3.05, 3.63) is 29.8 Å². The molecule has 0 bridgehead atoms. The van der Waals surface area contributed by atoms with Crippen molar-refractivity contribution in [2.45, 2.75) is 155 Å². The van der Waals surface area contributed by atoms with Crippen LogP contribution in [0.15, 0.2) is 24.3 Å². The van der Waals surface area contributed by atoms with E-state index in [-0.39, 0.29) is 0 Å². The Kier molecular flexibility index (Phi) is 20.6. The van der Waals surface area contributed by atoms with Gasteiger partial charge in [0.25, 0.3) is 0 Å². The Labute approximate surface area is 216 Å². The van der Waals surface area contributed by atoms with Crippen molar-refractivity contribution in [3.63, 3.8) is 0 Å². The van der Waals surface area contributed by atoms with Crippen LogP contribution in [0.5, 0.6) is 5.75 Å². The third kappa shape index (κ3) is 21.0. The van der Waals surface area contributed by atoms with Gasteiger partial charge in [0, 0.05) is 0 Å². The van der Waals surface area contributed by atoms with Crippen LogP contribution in [-0.2, 0) is 11.0 Å². The SMILES string of the molecule is CCCCCCCCCCCCCCCCCCCCCCCCc1ccccc1OP(=O)(O)O. The highest BCUT2D eigenvalue weighted by Crippen LogP contribution is 2.39. The fourth-order valence-electron chi connectivity index (χ4n) is 4.85. The van der Waals surface area contributed by atoms with Crippen LogP contribution in [0.1, 0.15) is 154 Å². The van der Waals surface area contributed by atoms with Gasteiger partial charge in [-0.25, -0.2) is 4.57 Å². The number of unbranched alkanes of at least 4 members (excludes halogenated alkanes) is 21. The van der Waals surface area contributed by atoms with E-state index in [0.717, 1.165) is 24.8 Å². The number of phosphoric acid groups is 1. The van der Waals surface area contributed by atoms with Crippen LogP contribution < -0.4 is 4.52 Å². The average molecular weight is 511 g/mol. The zero-order chi connectivity index (χ0) is 25.5. The second-order valence-electron chi connectivity index (χ2n) is 10.4. The molecule has 0 aliphatic carbocycles. The van der Waals surface area contributed by atoms with Crippen LogP contribution in [0.4, 0.5) is 0 Å². The summed E-state index contributed by atoms with van der Waals surface area (Å²) < 4.78 is 15.9. The van der Waals surface area contributed by atoms with E-state index in [9.17, 15) is 4.57 Å². The van der Waals surface area contributed by atoms with E-state index in [0.29, 0.717) is 5.75 Å². The molecule has 0 aliphatic heterocycles. The maximum absolute atomic E-state index is 11.1. The average Bonchev–Trinajstić information content (AvgIpc) is 2.82. The third-order valence-corrected chi connectivity index (χ3v) is 7.42. The van der Waals surface area contributed by atoms with Crippen molar-refractivity contribution in [2.75, 3.05) is 0 Å². The third-order valence-electron chi connectivity index (χ3n) is 6.99. The van der Waals surface area contributed by atoms with Gasteiger partial charge in [-0.3, -0.25) is 9.79 Å². The Hall–Kier alpha value is -0.830. The molecule has 204 valence electrons. The minimum atomic E-state index is -4.50. The van der Waals surface area contributed by atoms with Crippen molar-refractivity contribution >= 4 is 7.82 Å². The van der Waals surface area contributed by atoms with Crippen LogP contribution in [0, 0.1) is 0 Å². The molecule has 0 saturated carbocycles. The summed E-state index contributed by atoms with van der Waals surface area (Å²) in [5, 5.41) is 0. The summed E-state index contributed by atoms with van der Waals surface area (Å²) in [5.41, 5.74) is 0.879. The molecule has 0 aromatic heterocycles. The quantitative estimate of drug-likeness (QED) is 0.101. The van der Waals surface area contributed by atoms with Crippen LogP contribution in [0.3, 0.4) is 0 Å². The predicted molar refractivity (Wildman–Crippen MR) is 150 cm³/mol. The van der Waals surface area contributed by atoms with E-state index in [1.54, 1.807) is 12.1 Å². The van der Waals surface area contributed by atoms with Gasteiger partial charge in [0.1, 0.15) is 5.75 Å². The summed E-state index contributed by atoms with van der Waals surface area (Å²) in [6, 6.07) is 7.15. The molecule has 1 aromatic carbocycles. The zero-order valence-electron chi connectivity index (χ0n) is 22.7. The maximum atomic E-state index is 11.1. The Bertz CT molecular complexity index is 643. The molecule has 0 heterocycles.